The predicted molar refractivity (Wildman–Crippen MR) is 62.8 cm³/mol. The summed E-state index contributed by atoms with van der Waals surface area (Å²) in [6.07, 6.45) is 3.53. The first-order valence-electron chi connectivity index (χ1n) is 5.15. The van der Waals surface area contributed by atoms with Gasteiger partial charge in [-0.1, -0.05) is 0 Å². The minimum absolute atomic E-state index is 0.321. The van der Waals surface area contributed by atoms with Crippen LogP contribution in [0.2, 0.25) is 0 Å². The number of nitrogens with zero attached hydrogens (tertiary/aromatic N) is 4. The molecule has 0 aliphatic rings. The number of hydrogen-bond acceptors (Lipinski definition) is 5. The van der Waals surface area contributed by atoms with E-state index >= 15 is 0 Å². The second kappa shape index (κ2) is 4.67. The van der Waals surface area contributed by atoms with E-state index in [4.69, 9.17) is 10.00 Å². The van der Waals surface area contributed by atoms with Crippen LogP contribution in [-0.2, 0) is 0 Å². The van der Waals surface area contributed by atoms with Gasteiger partial charge in [-0.15, -0.1) is 0 Å². The number of carbonyl (C=O) groups is 1. The first kappa shape index (κ1) is 11.8. The lowest BCUT2D eigenvalue weighted by Gasteiger charge is -2.06. The van der Waals surface area contributed by atoms with E-state index in [1.165, 1.54) is 24.2 Å². The molecule has 0 saturated carbocycles. The highest BCUT2D eigenvalue weighted by atomic mass is 16.5. The fourth-order valence-electron chi connectivity index (χ4n) is 1.57. The minimum Gasteiger partial charge on any atom is -0.480 e. The van der Waals surface area contributed by atoms with Crippen molar-refractivity contribution >= 4 is 6.29 Å². The van der Waals surface area contributed by atoms with E-state index in [2.05, 4.69) is 10.1 Å². The van der Waals surface area contributed by atoms with Gasteiger partial charge in [0.05, 0.1) is 24.4 Å². The molecule has 0 fully saturated rings. The molecule has 0 N–H and O–H groups in total. The molecule has 0 bridgehead atoms. The molecule has 0 aromatic carbocycles. The van der Waals surface area contributed by atoms with Crippen molar-refractivity contribution in [3.8, 4) is 17.8 Å². The molecule has 90 valence electrons. The smallest absolute Gasteiger partial charge is 0.228 e. The summed E-state index contributed by atoms with van der Waals surface area (Å²) in [5, 5.41) is 12.9. The van der Waals surface area contributed by atoms with E-state index in [1.54, 1.807) is 13.0 Å². The van der Waals surface area contributed by atoms with Crippen molar-refractivity contribution in [2.75, 3.05) is 7.11 Å². The Morgan fingerprint density at radius 3 is 2.83 bits per heavy atom. The Labute approximate surface area is 103 Å². The Kier molecular flexibility index (Phi) is 3.06. The minimum atomic E-state index is 0.321. The van der Waals surface area contributed by atoms with Crippen LogP contribution in [0.3, 0.4) is 0 Å². The number of hydrogen-bond donors (Lipinski definition) is 0. The van der Waals surface area contributed by atoms with Crippen molar-refractivity contribution in [1.82, 2.24) is 14.8 Å². The topological polar surface area (TPSA) is 80.8 Å². The summed E-state index contributed by atoms with van der Waals surface area (Å²) in [6.45, 7) is 1.81. The third-order valence-electron chi connectivity index (χ3n) is 2.51. The number of nitriles is 1. The fraction of sp³-hybridized carbons (Fsp3) is 0.167. The van der Waals surface area contributed by atoms with Crippen molar-refractivity contribution in [2.45, 2.75) is 6.92 Å². The van der Waals surface area contributed by atoms with Crippen LogP contribution >= 0.6 is 0 Å². The molecule has 6 heteroatoms. The van der Waals surface area contributed by atoms with Crippen molar-refractivity contribution in [2.24, 2.45) is 0 Å². The summed E-state index contributed by atoms with van der Waals surface area (Å²) >= 11 is 0. The van der Waals surface area contributed by atoms with Crippen LogP contribution in [0, 0.1) is 18.3 Å². The van der Waals surface area contributed by atoms with Gasteiger partial charge in [-0.2, -0.15) is 15.0 Å². The van der Waals surface area contributed by atoms with E-state index < -0.39 is 0 Å². The fourth-order valence-corrected chi connectivity index (χ4v) is 1.57. The number of pyridine rings is 1. The van der Waals surface area contributed by atoms with Crippen LogP contribution in [-0.4, -0.2) is 28.2 Å². The molecule has 0 unspecified atom stereocenters. The number of aryl methyl sites for hydroxylation is 1. The average Bonchev–Trinajstić information content (AvgIpc) is 2.81. The number of rotatable bonds is 3. The second-order valence-corrected chi connectivity index (χ2v) is 3.61. The van der Waals surface area contributed by atoms with Crippen LogP contribution in [0.5, 0.6) is 5.88 Å². The molecule has 2 rings (SSSR count). The predicted octanol–water partition coefficient (Wildman–Crippen LogP) is 1.27. The zero-order valence-corrected chi connectivity index (χ0v) is 9.91. The zero-order chi connectivity index (χ0) is 13.1. The van der Waals surface area contributed by atoms with Gasteiger partial charge in [-0.25, -0.2) is 4.98 Å². The normalized spacial score (nSPS) is 9.83. The van der Waals surface area contributed by atoms with E-state index in [1.807, 2.05) is 6.07 Å². The summed E-state index contributed by atoms with van der Waals surface area (Å²) in [4.78, 5) is 14.9. The molecule has 2 aromatic heterocycles. The van der Waals surface area contributed by atoms with Gasteiger partial charge in [0.1, 0.15) is 6.07 Å². The summed E-state index contributed by atoms with van der Waals surface area (Å²) in [7, 11) is 1.46. The molecule has 0 radical (unpaired) electrons. The Bertz CT molecular complexity index is 640. The van der Waals surface area contributed by atoms with E-state index in [0.29, 0.717) is 29.1 Å². The van der Waals surface area contributed by atoms with Gasteiger partial charge >= 0.3 is 0 Å². The van der Waals surface area contributed by atoms with E-state index in [-0.39, 0.29) is 0 Å². The third kappa shape index (κ3) is 1.82. The molecule has 0 spiro atoms. The van der Waals surface area contributed by atoms with E-state index in [9.17, 15) is 4.79 Å². The average molecular weight is 242 g/mol. The molecule has 0 aliphatic carbocycles. The SMILES string of the molecule is COc1c(C=O)cnn1-c1cc(C)c(C#N)cn1. The zero-order valence-electron chi connectivity index (χ0n) is 9.91. The highest BCUT2D eigenvalue weighted by Gasteiger charge is 2.13. The Hall–Kier alpha value is -2.68. The van der Waals surface area contributed by atoms with Crippen molar-refractivity contribution in [3.63, 3.8) is 0 Å². The number of ether oxygens (including phenoxy) is 1. The summed E-state index contributed by atoms with van der Waals surface area (Å²) in [6, 6.07) is 3.75. The number of aromatic nitrogens is 3. The lowest BCUT2D eigenvalue weighted by Crippen LogP contribution is -2.04. The largest absolute Gasteiger partial charge is 0.480 e. The van der Waals surface area contributed by atoms with Crippen LogP contribution in [0.15, 0.2) is 18.5 Å². The van der Waals surface area contributed by atoms with Gasteiger partial charge in [0, 0.05) is 6.20 Å². The molecular formula is C12H10N4O2. The van der Waals surface area contributed by atoms with Gasteiger partial charge in [0.2, 0.25) is 5.88 Å². The summed E-state index contributed by atoms with van der Waals surface area (Å²) in [5.74, 6) is 0.818. The molecule has 18 heavy (non-hydrogen) atoms. The Morgan fingerprint density at radius 2 is 2.28 bits per heavy atom. The first-order valence-corrected chi connectivity index (χ1v) is 5.15. The molecule has 0 saturated heterocycles. The molecule has 6 nitrogen and oxygen atoms in total. The quantitative estimate of drug-likeness (QED) is 0.757. The van der Waals surface area contributed by atoms with Gasteiger partial charge in [0.15, 0.2) is 12.1 Å². The molecule has 0 amide bonds. The molecular weight excluding hydrogens is 232 g/mol. The molecule has 0 aliphatic heterocycles. The number of carbonyl (C=O) groups excluding carboxylic acids is 1. The Morgan fingerprint density at radius 1 is 1.50 bits per heavy atom. The monoisotopic (exact) mass is 242 g/mol. The molecule has 0 atom stereocenters. The van der Waals surface area contributed by atoms with E-state index in [0.717, 1.165) is 5.56 Å². The van der Waals surface area contributed by atoms with Crippen molar-refractivity contribution in [1.29, 1.82) is 5.26 Å². The standard InChI is InChI=1S/C12H10N4O2/c1-8-3-11(14-5-9(8)4-13)16-12(18-2)10(7-17)6-15-16/h3,5-7H,1-2H3. The van der Waals surface area contributed by atoms with Gasteiger partial charge in [-0.3, -0.25) is 4.79 Å². The van der Waals surface area contributed by atoms with Crippen molar-refractivity contribution < 1.29 is 9.53 Å². The maximum Gasteiger partial charge on any atom is 0.228 e. The van der Waals surface area contributed by atoms with Gasteiger partial charge in [-0.05, 0) is 18.6 Å². The lowest BCUT2D eigenvalue weighted by atomic mass is 10.2. The second-order valence-electron chi connectivity index (χ2n) is 3.61. The number of methoxy groups -OCH3 is 1. The summed E-state index contributed by atoms with van der Waals surface area (Å²) in [5.41, 5.74) is 1.63. The maximum atomic E-state index is 10.8. The molecule has 2 heterocycles. The summed E-state index contributed by atoms with van der Waals surface area (Å²) < 4.78 is 6.54. The van der Waals surface area contributed by atoms with Gasteiger partial charge in [0.25, 0.3) is 0 Å². The first-order chi connectivity index (χ1) is 8.71. The van der Waals surface area contributed by atoms with Gasteiger partial charge < -0.3 is 4.74 Å². The highest BCUT2D eigenvalue weighted by molar-refractivity contribution is 5.78. The van der Waals surface area contributed by atoms with Crippen LogP contribution < -0.4 is 4.74 Å². The lowest BCUT2D eigenvalue weighted by molar-refractivity contribution is 0.112. The maximum absolute atomic E-state index is 10.8. The van der Waals surface area contributed by atoms with Crippen molar-refractivity contribution in [3.05, 3.63) is 35.2 Å². The third-order valence-corrected chi connectivity index (χ3v) is 2.51. The van der Waals surface area contributed by atoms with Crippen LogP contribution in [0.25, 0.3) is 5.82 Å². The van der Waals surface area contributed by atoms with Crippen LogP contribution in [0.1, 0.15) is 21.5 Å². The number of aldehydes is 1. The molecule has 2 aromatic rings. The van der Waals surface area contributed by atoms with Crippen LogP contribution in [0.4, 0.5) is 0 Å². The Balaban J connectivity index is 2.56. The highest BCUT2D eigenvalue weighted by Crippen LogP contribution is 2.20.